The van der Waals surface area contributed by atoms with Crippen LogP contribution in [0, 0.1) is 6.92 Å². The zero-order valence-electron chi connectivity index (χ0n) is 20.3. The standard InChI is InChI=1S/C27H32N2O5/c1-17-18(13-15-30)12-14-28-24(17)22-11-7-9-20-19(8-6-10-21(20)22)16-23(25(31)33-5)29-26(32)34-27(2,3)4/h6-12,14,23,30H,13,15-16H2,1-5H3,(H,29,32)/t23-/m0/s1. The van der Waals surface area contributed by atoms with Crippen molar-refractivity contribution in [2.24, 2.45) is 0 Å². The van der Waals surface area contributed by atoms with Crippen LogP contribution in [0.15, 0.2) is 48.7 Å². The van der Waals surface area contributed by atoms with E-state index in [9.17, 15) is 14.7 Å². The monoisotopic (exact) mass is 464 g/mol. The fraction of sp³-hybridized carbons (Fsp3) is 0.370. The molecule has 0 saturated carbocycles. The first-order valence-corrected chi connectivity index (χ1v) is 11.3. The molecule has 2 N–H and O–H groups in total. The van der Waals surface area contributed by atoms with Gasteiger partial charge in [0.2, 0.25) is 0 Å². The first kappa shape index (κ1) is 25.2. The van der Waals surface area contributed by atoms with Crippen molar-refractivity contribution in [2.75, 3.05) is 13.7 Å². The number of nitrogens with one attached hydrogen (secondary N) is 1. The minimum Gasteiger partial charge on any atom is -0.467 e. The zero-order chi connectivity index (χ0) is 24.9. The number of aliphatic hydroxyl groups excluding tert-OH is 1. The lowest BCUT2D eigenvalue weighted by Crippen LogP contribution is -2.45. The molecule has 0 spiro atoms. The van der Waals surface area contributed by atoms with Crippen LogP contribution in [0.3, 0.4) is 0 Å². The topological polar surface area (TPSA) is 97.8 Å². The molecule has 1 heterocycles. The molecule has 1 aromatic heterocycles. The Kier molecular flexibility index (Phi) is 7.89. The van der Waals surface area contributed by atoms with Gasteiger partial charge in [0.25, 0.3) is 0 Å². The summed E-state index contributed by atoms with van der Waals surface area (Å²) in [5, 5.41) is 14.0. The van der Waals surface area contributed by atoms with E-state index < -0.39 is 23.7 Å². The van der Waals surface area contributed by atoms with Crippen molar-refractivity contribution in [3.05, 3.63) is 65.4 Å². The number of fused-ring (bicyclic) bond motifs is 1. The third-order valence-corrected chi connectivity index (χ3v) is 5.57. The van der Waals surface area contributed by atoms with Gasteiger partial charge >= 0.3 is 12.1 Å². The molecule has 3 aromatic rings. The fourth-order valence-electron chi connectivity index (χ4n) is 4.00. The van der Waals surface area contributed by atoms with Crippen molar-refractivity contribution in [1.29, 1.82) is 0 Å². The molecule has 0 radical (unpaired) electrons. The highest BCUT2D eigenvalue weighted by Gasteiger charge is 2.26. The second kappa shape index (κ2) is 10.7. The predicted octanol–water partition coefficient (Wildman–Crippen LogP) is 4.35. The molecule has 0 bridgehead atoms. The highest BCUT2D eigenvalue weighted by atomic mass is 16.6. The minimum atomic E-state index is -0.901. The van der Waals surface area contributed by atoms with Crippen LogP contribution in [-0.2, 0) is 27.1 Å². The Bertz CT molecular complexity index is 1180. The Balaban J connectivity index is 2.00. The van der Waals surface area contributed by atoms with Crippen molar-refractivity contribution in [1.82, 2.24) is 10.3 Å². The van der Waals surface area contributed by atoms with Crippen molar-refractivity contribution < 1.29 is 24.2 Å². The highest BCUT2D eigenvalue weighted by Crippen LogP contribution is 2.32. The molecule has 1 atom stereocenters. The minimum absolute atomic E-state index is 0.0730. The number of ether oxygens (including phenoxy) is 2. The normalized spacial score (nSPS) is 12.3. The molecular formula is C27H32N2O5. The summed E-state index contributed by atoms with van der Waals surface area (Å²) in [6.07, 6.45) is 1.89. The maximum atomic E-state index is 12.5. The molecule has 0 saturated heterocycles. The molecule has 0 aliphatic carbocycles. The second-order valence-electron chi connectivity index (χ2n) is 9.16. The van der Waals surface area contributed by atoms with E-state index in [4.69, 9.17) is 9.47 Å². The van der Waals surface area contributed by atoms with Gasteiger partial charge in [-0.15, -0.1) is 0 Å². The number of nitrogens with zero attached hydrogens (tertiary/aromatic N) is 1. The summed E-state index contributed by atoms with van der Waals surface area (Å²) in [6, 6.07) is 12.9. The Morgan fingerprint density at radius 1 is 1.06 bits per heavy atom. The van der Waals surface area contributed by atoms with E-state index in [1.54, 1.807) is 27.0 Å². The lowest BCUT2D eigenvalue weighted by Gasteiger charge is -2.23. The zero-order valence-corrected chi connectivity index (χ0v) is 20.3. The molecule has 3 rings (SSSR count). The first-order chi connectivity index (χ1) is 16.1. The summed E-state index contributed by atoms with van der Waals surface area (Å²) in [4.78, 5) is 29.4. The number of benzene rings is 2. The van der Waals surface area contributed by atoms with Crippen LogP contribution in [0.5, 0.6) is 0 Å². The molecule has 1 amide bonds. The van der Waals surface area contributed by atoms with E-state index >= 15 is 0 Å². The summed E-state index contributed by atoms with van der Waals surface area (Å²) in [5.41, 5.74) is 4.09. The predicted molar refractivity (Wildman–Crippen MR) is 132 cm³/mol. The van der Waals surface area contributed by atoms with Crippen molar-refractivity contribution in [2.45, 2.75) is 52.2 Å². The number of hydrogen-bond donors (Lipinski definition) is 2. The van der Waals surface area contributed by atoms with Gasteiger partial charge < -0.3 is 19.9 Å². The molecule has 0 unspecified atom stereocenters. The van der Waals surface area contributed by atoms with Crippen molar-refractivity contribution in [3.63, 3.8) is 0 Å². The first-order valence-electron chi connectivity index (χ1n) is 11.3. The van der Waals surface area contributed by atoms with Crippen LogP contribution >= 0.6 is 0 Å². The van der Waals surface area contributed by atoms with Gasteiger partial charge in [0.05, 0.1) is 12.8 Å². The lowest BCUT2D eigenvalue weighted by molar-refractivity contribution is -0.143. The van der Waals surface area contributed by atoms with E-state index in [2.05, 4.69) is 10.3 Å². The molecule has 0 fully saturated rings. The number of carbonyl (C=O) groups excluding carboxylic acids is 2. The molecule has 7 nitrogen and oxygen atoms in total. The molecule has 7 heteroatoms. The average molecular weight is 465 g/mol. The summed E-state index contributed by atoms with van der Waals surface area (Å²) in [6.45, 7) is 7.37. The molecule has 180 valence electrons. The van der Waals surface area contributed by atoms with Crippen LogP contribution in [-0.4, -0.2) is 47.5 Å². The van der Waals surface area contributed by atoms with Crippen LogP contribution in [0.25, 0.3) is 22.0 Å². The smallest absolute Gasteiger partial charge is 0.408 e. The Hall–Kier alpha value is -3.45. The van der Waals surface area contributed by atoms with Gasteiger partial charge in [-0.05, 0) is 67.6 Å². The number of methoxy groups -OCH3 is 1. The van der Waals surface area contributed by atoms with E-state index in [0.717, 1.165) is 38.7 Å². The van der Waals surface area contributed by atoms with Gasteiger partial charge in [0, 0.05) is 24.8 Å². The summed E-state index contributed by atoms with van der Waals surface area (Å²) in [5.74, 6) is -0.548. The quantitative estimate of drug-likeness (QED) is 0.505. The third kappa shape index (κ3) is 5.91. The maximum Gasteiger partial charge on any atom is 0.408 e. The number of carbonyl (C=O) groups is 2. The summed E-state index contributed by atoms with van der Waals surface area (Å²) >= 11 is 0. The number of alkyl carbamates (subject to hydrolysis) is 1. The molecule has 34 heavy (non-hydrogen) atoms. The lowest BCUT2D eigenvalue weighted by atomic mass is 9.92. The molecule has 2 aromatic carbocycles. The number of hydrogen-bond acceptors (Lipinski definition) is 6. The number of esters is 1. The van der Waals surface area contributed by atoms with E-state index in [0.29, 0.717) is 6.42 Å². The van der Waals surface area contributed by atoms with Gasteiger partial charge in [-0.3, -0.25) is 4.98 Å². The Labute approximate surface area is 200 Å². The SMILES string of the molecule is COC(=O)[C@H](Cc1cccc2c(-c3nccc(CCO)c3C)cccc12)NC(=O)OC(C)(C)C. The Morgan fingerprint density at radius 2 is 1.76 bits per heavy atom. The molecule has 0 aliphatic rings. The van der Waals surface area contributed by atoms with Gasteiger partial charge in [-0.25, -0.2) is 9.59 Å². The van der Waals surface area contributed by atoms with E-state index in [1.165, 1.54) is 7.11 Å². The van der Waals surface area contributed by atoms with Crippen LogP contribution in [0.2, 0.25) is 0 Å². The number of rotatable bonds is 7. The Morgan fingerprint density at radius 3 is 2.44 bits per heavy atom. The van der Waals surface area contributed by atoms with E-state index in [1.807, 2.05) is 49.4 Å². The van der Waals surface area contributed by atoms with E-state index in [-0.39, 0.29) is 13.0 Å². The third-order valence-electron chi connectivity index (χ3n) is 5.57. The number of aromatic nitrogens is 1. The summed E-state index contributed by atoms with van der Waals surface area (Å²) < 4.78 is 10.3. The molecular weight excluding hydrogens is 432 g/mol. The van der Waals surface area contributed by atoms with Gasteiger partial charge in [0.1, 0.15) is 11.6 Å². The van der Waals surface area contributed by atoms with Crippen molar-refractivity contribution >= 4 is 22.8 Å². The number of amides is 1. The van der Waals surface area contributed by atoms with Crippen LogP contribution in [0.1, 0.15) is 37.5 Å². The van der Waals surface area contributed by atoms with Crippen LogP contribution in [0.4, 0.5) is 4.79 Å². The van der Waals surface area contributed by atoms with Gasteiger partial charge in [-0.1, -0.05) is 36.4 Å². The fourth-order valence-corrected chi connectivity index (χ4v) is 4.00. The second-order valence-corrected chi connectivity index (χ2v) is 9.16. The highest BCUT2D eigenvalue weighted by molar-refractivity contribution is 5.98. The van der Waals surface area contributed by atoms with Crippen molar-refractivity contribution in [3.8, 4) is 11.3 Å². The average Bonchev–Trinajstić information content (AvgIpc) is 2.78. The molecule has 0 aliphatic heterocycles. The van der Waals surface area contributed by atoms with Gasteiger partial charge in [0.15, 0.2) is 0 Å². The van der Waals surface area contributed by atoms with Gasteiger partial charge in [-0.2, -0.15) is 0 Å². The largest absolute Gasteiger partial charge is 0.467 e. The van der Waals surface area contributed by atoms with Crippen LogP contribution < -0.4 is 5.32 Å². The summed E-state index contributed by atoms with van der Waals surface area (Å²) in [7, 11) is 1.29. The number of pyridine rings is 1. The number of aliphatic hydroxyl groups is 1. The maximum absolute atomic E-state index is 12.5.